The summed E-state index contributed by atoms with van der Waals surface area (Å²) in [5.74, 6) is 1.03. The van der Waals surface area contributed by atoms with Crippen LogP contribution in [0.1, 0.15) is 40.3 Å². The predicted octanol–water partition coefficient (Wildman–Crippen LogP) is 3.73. The van der Waals surface area contributed by atoms with Gasteiger partial charge in [0.25, 0.3) is 5.91 Å². The SMILES string of the molecule is CC1c2nccn2CCN1C(=O)c1cccc(CN(C)Cc2ccccc2)c1. The molecule has 0 bridgehead atoms. The fourth-order valence-corrected chi connectivity index (χ4v) is 3.93. The average molecular weight is 374 g/mol. The van der Waals surface area contributed by atoms with Gasteiger partial charge in [-0.15, -0.1) is 0 Å². The molecule has 1 atom stereocenters. The van der Waals surface area contributed by atoms with E-state index in [9.17, 15) is 4.79 Å². The second-order valence-corrected chi connectivity index (χ2v) is 7.51. The van der Waals surface area contributed by atoms with Crippen molar-refractivity contribution in [3.63, 3.8) is 0 Å². The Morgan fingerprint density at radius 1 is 1.07 bits per heavy atom. The molecule has 0 fully saturated rings. The highest BCUT2D eigenvalue weighted by Gasteiger charge is 2.29. The van der Waals surface area contributed by atoms with Crippen molar-refractivity contribution >= 4 is 5.91 Å². The van der Waals surface area contributed by atoms with Gasteiger partial charge in [0, 0.05) is 44.1 Å². The number of aromatic nitrogens is 2. The van der Waals surface area contributed by atoms with E-state index in [2.05, 4.69) is 51.8 Å². The minimum Gasteiger partial charge on any atom is -0.331 e. The maximum Gasteiger partial charge on any atom is 0.254 e. The van der Waals surface area contributed by atoms with E-state index in [4.69, 9.17) is 0 Å². The summed E-state index contributed by atoms with van der Waals surface area (Å²) in [7, 11) is 2.11. The summed E-state index contributed by atoms with van der Waals surface area (Å²) < 4.78 is 2.13. The summed E-state index contributed by atoms with van der Waals surface area (Å²) in [6.07, 6.45) is 3.79. The normalized spacial score (nSPS) is 16.2. The quantitative estimate of drug-likeness (QED) is 0.683. The van der Waals surface area contributed by atoms with Gasteiger partial charge < -0.3 is 9.47 Å². The second-order valence-electron chi connectivity index (χ2n) is 7.51. The fourth-order valence-electron chi connectivity index (χ4n) is 3.93. The molecule has 0 N–H and O–H groups in total. The number of benzene rings is 2. The smallest absolute Gasteiger partial charge is 0.254 e. The Morgan fingerprint density at radius 3 is 2.64 bits per heavy atom. The van der Waals surface area contributed by atoms with Crippen LogP contribution in [0.25, 0.3) is 0 Å². The Labute approximate surface area is 166 Å². The van der Waals surface area contributed by atoms with Crippen LogP contribution in [0.3, 0.4) is 0 Å². The molecule has 1 aliphatic heterocycles. The van der Waals surface area contributed by atoms with Crippen LogP contribution in [0.15, 0.2) is 67.0 Å². The fraction of sp³-hybridized carbons (Fsp3) is 0.304. The van der Waals surface area contributed by atoms with Crippen LogP contribution < -0.4 is 0 Å². The van der Waals surface area contributed by atoms with Gasteiger partial charge in [0.15, 0.2) is 0 Å². The van der Waals surface area contributed by atoms with Gasteiger partial charge in [-0.1, -0.05) is 42.5 Å². The summed E-state index contributed by atoms with van der Waals surface area (Å²) in [6.45, 7) is 5.24. The molecule has 1 aromatic heterocycles. The number of carbonyl (C=O) groups is 1. The standard InChI is InChI=1S/C23H26N4O/c1-18-22-24-11-12-26(22)13-14-27(18)23(28)21-10-6-9-20(15-21)17-25(2)16-19-7-4-3-5-8-19/h3-12,15,18H,13-14,16-17H2,1-2H3. The zero-order valence-corrected chi connectivity index (χ0v) is 16.5. The topological polar surface area (TPSA) is 41.4 Å². The molecule has 0 aliphatic carbocycles. The van der Waals surface area contributed by atoms with E-state index >= 15 is 0 Å². The largest absolute Gasteiger partial charge is 0.331 e. The summed E-state index contributed by atoms with van der Waals surface area (Å²) in [5, 5.41) is 0. The Hall–Kier alpha value is -2.92. The van der Waals surface area contributed by atoms with Gasteiger partial charge in [-0.3, -0.25) is 9.69 Å². The van der Waals surface area contributed by atoms with Crippen molar-refractivity contribution in [2.45, 2.75) is 32.6 Å². The van der Waals surface area contributed by atoms with Gasteiger partial charge in [-0.2, -0.15) is 0 Å². The van der Waals surface area contributed by atoms with Crippen LogP contribution in [0.2, 0.25) is 0 Å². The van der Waals surface area contributed by atoms with Crippen LogP contribution in [-0.4, -0.2) is 38.9 Å². The zero-order chi connectivity index (χ0) is 19.5. The van der Waals surface area contributed by atoms with E-state index in [-0.39, 0.29) is 11.9 Å². The van der Waals surface area contributed by atoms with Crippen molar-refractivity contribution < 1.29 is 4.79 Å². The van der Waals surface area contributed by atoms with Crippen LogP contribution in [0, 0.1) is 0 Å². The molecule has 2 heterocycles. The summed E-state index contributed by atoms with van der Waals surface area (Å²) in [6, 6.07) is 18.4. The first-order chi connectivity index (χ1) is 13.6. The molecule has 2 aromatic carbocycles. The highest BCUT2D eigenvalue weighted by atomic mass is 16.2. The molecule has 1 aliphatic rings. The monoisotopic (exact) mass is 374 g/mol. The van der Waals surface area contributed by atoms with Crippen LogP contribution in [-0.2, 0) is 19.6 Å². The predicted molar refractivity (Wildman–Crippen MR) is 110 cm³/mol. The third-order valence-corrected chi connectivity index (χ3v) is 5.35. The van der Waals surface area contributed by atoms with Crippen molar-refractivity contribution in [2.75, 3.05) is 13.6 Å². The first kappa shape index (κ1) is 18.4. The van der Waals surface area contributed by atoms with E-state index in [1.54, 1.807) is 0 Å². The van der Waals surface area contributed by atoms with Crippen LogP contribution in [0.5, 0.6) is 0 Å². The molecule has 144 valence electrons. The van der Waals surface area contributed by atoms with Gasteiger partial charge in [0.2, 0.25) is 0 Å². The van der Waals surface area contributed by atoms with Gasteiger partial charge >= 0.3 is 0 Å². The third-order valence-electron chi connectivity index (χ3n) is 5.35. The lowest BCUT2D eigenvalue weighted by atomic mass is 10.1. The van der Waals surface area contributed by atoms with E-state index in [1.165, 1.54) is 5.56 Å². The van der Waals surface area contributed by atoms with Gasteiger partial charge in [0.1, 0.15) is 5.82 Å². The molecular formula is C23H26N4O. The minimum absolute atomic E-state index is 0.0133. The zero-order valence-electron chi connectivity index (χ0n) is 16.5. The lowest BCUT2D eigenvalue weighted by Gasteiger charge is -2.34. The maximum atomic E-state index is 13.1. The van der Waals surface area contributed by atoms with E-state index in [0.717, 1.165) is 36.6 Å². The van der Waals surface area contributed by atoms with Crippen LogP contribution in [0.4, 0.5) is 0 Å². The summed E-state index contributed by atoms with van der Waals surface area (Å²) in [5.41, 5.74) is 3.18. The van der Waals surface area contributed by atoms with Gasteiger partial charge in [0.05, 0.1) is 6.04 Å². The highest BCUT2D eigenvalue weighted by molar-refractivity contribution is 5.94. The van der Waals surface area contributed by atoms with Crippen LogP contribution >= 0.6 is 0 Å². The molecule has 0 saturated carbocycles. The molecule has 1 unspecified atom stereocenters. The van der Waals surface area contributed by atoms with Crippen molar-refractivity contribution in [3.8, 4) is 0 Å². The Bertz CT molecular complexity index is 950. The molecule has 0 saturated heterocycles. The number of hydrogen-bond donors (Lipinski definition) is 0. The number of fused-ring (bicyclic) bond motifs is 1. The van der Waals surface area contributed by atoms with E-state index in [1.807, 2.05) is 48.5 Å². The molecule has 28 heavy (non-hydrogen) atoms. The number of imidazole rings is 1. The molecule has 0 spiro atoms. The number of carbonyl (C=O) groups excluding carboxylic acids is 1. The first-order valence-corrected chi connectivity index (χ1v) is 9.75. The average Bonchev–Trinajstić information content (AvgIpc) is 3.18. The lowest BCUT2D eigenvalue weighted by molar-refractivity contribution is 0.0637. The summed E-state index contributed by atoms with van der Waals surface area (Å²) >= 11 is 0. The molecular weight excluding hydrogens is 348 g/mol. The second kappa shape index (κ2) is 7.98. The number of amides is 1. The molecule has 4 rings (SSSR count). The van der Waals surface area contributed by atoms with Crippen molar-refractivity contribution in [2.24, 2.45) is 0 Å². The van der Waals surface area contributed by atoms with Crippen molar-refractivity contribution in [1.29, 1.82) is 0 Å². The van der Waals surface area contributed by atoms with E-state index in [0.29, 0.717) is 6.54 Å². The van der Waals surface area contributed by atoms with Crippen molar-refractivity contribution in [3.05, 3.63) is 89.5 Å². The first-order valence-electron chi connectivity index (χ1n) is 9.75. The van der Waals surface area contributed by atoms with Gasteiger partial charge in [-0.05, 0) is 37.2 Å². The Morgan fingerprint density at radius 2 is 1.82 bits per heavy atom. The Kier molecular flexibility index (Phi) is 5.26. The highest BCUT2D eigenvalue weighted by Crippen LogP contribution is 2.25. The minimum atomic E-state index is -0.0133. The summed E-state index contributed by atoms with van der Waals surface area (Å²) in [4.78, 5) is 21.8. The van der Waals surface area contributed by atoms with Crippen molar-refractivity contribution in [1.82, 2.24) is 19.4 Å². The molecule has 3 aromatic rings. The molecule has 5 heteroatoms. The molecule has 5 nitrogen and oxygen atoms in total. The Balaban J connectivity index is 1.45. The van der Waals surface area contributed by atoms with Gasteiger partial charge in [-0.25, -0.2) is 4.98 Å². The van der Waals surface area contributed by atoms with E-state index < -0.39 is 0 Å². The number of hydrogen-bond acceptors (Lipinski definition) is 3. The number of nitrogens with zero attached hydrogens (tertiary/aromatic N) is 4. The molecule has 0 radical (unpaired) electrons. The molecule has 1 amide bonds. The third kappa shape index (κ3) is 3.85. The maximum absolute atomic E-state index is 13.1. The lowest BCUT2D eigenvalue weighted by Crippen LogP contribution is -2.41. The number of rotatable bonds is 5.